The van der Waals surface area contributed by atoms with Crippen LogP contribution < -0.4 is 5.32 Å². The third-order valence-electron chi connectivity index (χ3n) is 4.27. The number of benzene rings is 1. The zero-order valence-electron chi connectivity index (χ0n) is 11.8. The Morgan fingerprint density at radius 2 is 1.95 bits per heavy atom. The molecule has 3 heteroatoms. The molecule has 19 heavy (non-hydrogen) atoms. The second kappa shape index (κ2) is 6.09. The van der Waals surface area contributed by atoms with Gasteiger partial charge in [-0.2, -0.15) is 0 Å². The van der Waals surface area contributed by atoms with E-state index in [0.717, 1.165) is 37.3 Å². The largest absolute Gasteiger partial charge is 0.467 e. The molecule has 1 saturated carbocycles. The molecule has 0 aromatic heterocycles. The van der Waals surface area contributed by atoms with E-state index < -0.39 is 5.54 Å². The van der Waals surface area contributed by atoms with Gasteiger partial charge in [-0.3, -0.25) is 0 Å². The highest BCUT2D eigenvalue weighted by Crippen LogP contribution is 2.36. The van der Waals surface area contributed by atoms with E-state index in [2.05, 4.69) is 12.2 Å². The van der Waals surface area contributed by atoms with Crippen LogP contribution in [0.4, 0.5) is 5.69 Å². The standard InChI is InChI=1S/C16H23NO2/c1-3-13-9-11-16(12-10-13,15(18)19-2)17-14-7-5-4-6-8-14/h4-8,13,17H,3,9-12H2,1-2H3. The highest BCUT2D eigenvalue weighted by atomic mass is 16.5. The van der Waals surface area contributed by atoms with Crippen molar-refractivity contribution in [1.29, 1.82) is 0 Å². The van der Waals surface area contributed by atoms with Gasteiger partial charge >= 0.3 is 5.97 Å². The van der Waals surface area contributed by atoms with Crippen molar-refractivity contribution in [2.75, 3.05) is 12.4 Å². The van der Waals surface area contributed by atoms with Gasteiger partial charge in [0.05, 0.1) is 7.11 Å². The Hall–Kier alpha value is -1.51. The lowest BCUT2D eigenvalue weighted by atomic mass is 9.75. The van der Waals surface area contributed by atoms with Gasteiger partial charge in [0.15, 0.2) is 0 Å². The predicted molar refractivity (Wildman–Crippen MR) is 77.1 cm³/mol. The molecule has 0 radical (unpaired) electrons. The number of ether oxygens (including phenoxy) is 1. The van der Waals surface area contributed by atoms with Crippen LogP contribution in [-0.2, 0) is 9.53 Å². The molecule has 1 fully saturated rings. The van der Waals surface area contributed by atoms with E-state index in [1.54, 1.807) is 0 Å². The maximum atomic E-state index is 12.2. The van der Waals surface area contributed by atoms with E-state index in [1.165, 1.54) is 13.5 Å². The third-order valence-corrected chi connectivity index (χ3v) is 4.27. The summed E-state index contributed by atoms with van der Waals surface area (Å²) in [5.74, 6) is 0.612. The van der Waals surface area contributed by atoms with Crippen molar-refractivity contribution in [1.82, 2.24) is 0 Å². The van der Waals surface area contributed by atoms with Crippen LogP contribution in [0.5, 0.6) is 0 Å². The molecule has 2 rings (SSSR count). The monoisotopic (exact) mass is 261 g/mol. The molecule has 1 N–H and O–H groups in total. The third kappa shape index (κ3) is 3.09. The average Bonchev–Trinajstić information content (AvgIpc) is 2.48. The molecule has 0 amide bonds. The molecule has 1 aliphatic rings. The molecular weight excluding hydrogens is 238 g/mol. The molecule has 0 heterocycles. The molecule has 0 aliphatic heterocycles. The zero-order valence-corrected chi connectivity index (χ0v) is 11.8. The van der Waals surface area contributed by atoms with Crippen LogP contribution in [0, 0.1) is 5.92 Å². The number of nitrogens with one attached hydrogen (secondary N) is 1. The first kappa shape index (κ1) is 13.9. The molecule has 104 valence electrons. The Morgan fingerprint density at radius 1 is 1.32 bits per heavy atom. The summed E-state index contributed by atoms with van der Waals surface area (Å²) >= 11 is 0. The highest BCUT2D eigenvalue weighted by Gasteiger charge is 2.42. The van der Waals surface area contributed by atoms with E-state index in [4.69, 9.17) is 4.74 Å². The maximum absolute atomic E-state index is 12.2. The Labute approximate surface area is 115 Å². The zero-order chi connectivity index (χ0) is 13.7. The maximum Gasteiger partial charge on any atom is 0.331 e. The number of rotatable bonds is 4. The summed E-state index contributed by atoms with van der Waals surface area (Å²) in [6.45, 7) is 2.22. The molecule has 0 saturated heterocycles. The van der Waals surface area contributed by atoms with Gasteiger partial charge in [0.25, 0.3) is 0 Å². The predicted octanol–water partition coefficient (Wildman–Crippen LogP) is 3.61. The van der Waals surface area contributed by atoms with Gasteiger partial charge in [0.1, 0.15) is 5.54 Å². The Balaban J connectivity index is 2.15. The van der Waals surface area contributed by atoms with Crippen molar-refractivity contribution < 1.29 is 9.53 Å². The number of methoxy groups -OCH3 is 1. The van der Waals surface area contributed by atoms with Gasteiger partial charge in [-0.15, -0.1) is 0 Å². The molecule has 0 atom stereocenters. The van der Waals surface area contributed by atoms with Crippen LogP contribution in [0.2, 0.25) is 0 Å². The van der Waals surface area contributed by atoms with E-state index in [1.807, 2.05) is 30.3 Å². The lowest BCUT2D eigenvalue weighted by Gasteiger charge is -2.39. The van der Waals surface area contributed by atoms with Crippen LogP contribution >= 0.6 is 0 Å². The van der Waals surface area contributed by atoms with Crippen molar-refractivity contribution in [3.63, 3.8) is 0 Å². The number of esters is 1. The molecular formula is C16H23NO2. The van der Waals surface area contributed by atoms with Crippen LogP contribution in [-0.4, -0.2) is 18.6 Å². The molecule has 1 aromatic rings. The first-order chi connectivity index (χ1) is 9.20. The number of carbonyl (C=O) groups excluding carboxylic acids is 1. The number of para-hydroxylation sites is 1. The minimum Gasteiger partial charge on any atom is -0.467 e. The number of hydrogen-bond acceptors (Lipinski definition) is 3. The van der Waals surface area contributed by atoms with Gasteiger partial charge in [0.2, 0.25) is 0 Å². The fourth-order valence-corrected chi connectivity index (χ4v) is 2.95. The normalized spacial score (nSPS) is 26.7. The first-order valence-electron chi connectivity index (χ1n) is 7.12. The summed E-state index contributed by atoms with van der Waals surface area (Å²) in [4.78, 5) is 12.2. The lowest BCUT2D eigenvalue weighted by molar-refractivity contribution is -0.147. The molecule has 1 aromatic carbocycles. The van der Waals surface area contributed by atoms with Crippen molar-refractivity contribution in [2.24, 2.45) is 5.92 Å². The quantitative estimate of drug-likeness (QED) is 0.841. The van der Waals surface area contributed by atoms with E-state index in [0.29, 0.717) is 0 Å². The van der Waals surface area contributed by atoms with Crippen molar-refractivity contribution in [3.05, 3.63) is 30.3 Å². The van der Waals surface area contributed by atoms with Crippen LogP contribution in [0.25, 0.3) is 0 Å². The Bertz CT molecular complexity index is 408. The van der Waals surface area contributed by atoms with Gasteiger partial charge in [-0.1, -0.05) is 31.5 Å². The molecule has 0 unspecified atom stereocenters. The number of hydrogen-bond donors (Lipinski definition) is 1. The van der Waals surface area contributed by atoms with Crippen molar-refractivity contribution in [2.45, 2.75) is 44.6 Å². The molecule has 1 aliphatic carbocycles. The van der Waals surface area contributed by atoms with Crippen molar-refractivity contribution >= 4 is 11.7 Å². The smallest absolute Gasteiger partial charge is 0.331 e. The van der Waals surface area contributed by atoms with Crippen LogP contribution in [0.1, 0.15) is 39.0 Å². The first-order valence-corrected chi connectivity index (χ1v) is 7.12. The van der Waals surface area contributed by atoms with Crippen molar-refractivity contribution in [3.8, 4) is 0 Å². The van der Waals surface area contributed by atoms with E-state index in [9.17, 15) is 4.79 Å². The molecule has 0 bridgehead atoms. The minimum absolute atomic E-state index is 0.133. The van der Waals surface area contributed by atoms with E-state index >= 15 is 0 Å². The summed E-state index contributed by atoms with van der Waals surface area (Å²) < 4.78 is 5.03. The van der Waals surface area contributed by atoms with Gasteiger partial charge in [-0.25, -0.2) is 4.79 Å². The fraction of sp³-hybridized carbons (Fsp3) is 0.562. The molecule has 3 nitrogen and oxygen atoms in total. The number of carbonyl (C=O) groups is 1. The Kier molecular flexibility index (Phi) is 4.46. The van der Waals surface area contributed by atoms with Gasteiger partial charge in [-0.05, 0) is 43.7 Å². The Morgan fingerprint density at radius 3 is 2.47 bits per heavy atom. The average molecular weight is 261 g/mol. The van der Waals surface area contributed by atoms with Crippen LogP contribution in [0.3, 0.4) is 0 Å². The second-order valence-corrected chi connectivity index (χ2v) is 5.42. The topological polar surface area (TPSA) is 38.3 Å². The summed E-state index contributed by atoms with van der Waals surface area (Å²) in [5.41, 5.74) is 0.449. The SMILES string of the molecule is CCC1CCC(Nc2ccccc2)(C(=O)OC)CC1. The van der Waals surface area contributed by atoms with Gasteiger partial charge in [0, 0.05) is 5.69 Å². The summed E-state index contributed by atoms with van der Waals surface area (Å²) in [7, 11) is 1.47. The second-order valence-electron chi connectivity index (χ2n) is 5.42. The minimum atomic E-state index is -0.540. The van der Waals surface area contributed by atoms with Gasteiger partial charge < -0.3 is 10.1 Å². The van der Waals surface area contributed by atoms with E-state index in [-0.39, 0.29) is 5.97 Å². The summed E-state index contributed by atoms with van der Waals surface area (Å²) in [6.07, 6.45) is 5.08. The summed E-state index contributed by atoms with van der Waals surface area (Å²) in [6, 6.07) is 9.92. The lowest BCUT2D eigenvalue weighted by Crippen LogP contribution is -2.49. The fourth-order valence-electron chi connectivity index (χ4n) is 2.95. The highest BCUT2D eigenvalue weighted by molar-refractivity contribution is 5.84. The molecule has 0 spiro atoms. The summed E-state index contributed by atoms with van der Waals surface area (Å²) in [5, 5.41) is 3.42. The van der Waals surface area contributed by atoms with Crippen LogP contribution in [0.15, 0.2) is 30.3 Å². The number of anilines is 1.